The van der Waals surface area contributed by atoms with Gasteiger partial charge in [0.05, 0.1) is 6.04 Å². The van der Waals surface area contributed by atoms with Crippen LogP contribution in [0, 0.1) is 0 Å². The smallest absolute Gasteiger partial charge is 0.242 e. The molecule has 0 saturated carbocycles. The monoisotopic (exact) mass is 231 g/mol. The molecule has 1 fully saturated rings. The Hall–Kier alpha value is -0.750. The minimum Gasteiger partial charge on any atom is -0.368 e. The van der Waals surface area contributed by atoms with Crippen molar-refractivity contribution in [2.45, 2.75) is 25.4 Å². The van der Waals surface area contributed by atoms with Crippen LogP contribution in [0.4, 0.5) is 0 Å². The Bertz CT molecular complexity index is 262. The van der Waals surface area contributed by atoms with Crippen molar-refractivity contribution in [3.05, 3.63) is 0 Å². The van der Waals surface area contributed by atoms with Crippen molar-refractivity contribution in [1.29, 1.82) is 0 Å². The standard InChI is InChI=1S/C9H17N3O2S/c1-9(2,8(10)14)12-7(13)6-5-15-4-3-11-6/h6,11H,3-5H2,1-2H3,(H2,10,14)(H,12,13). The van der Waals surface area contributed by atoms with Gasteiger partial charge < -0.3 is 16.4 Å². The molecule has 1 aliphatic rings. The van der Waals surface area contributed by atoms with Crippen LogP contribution < -0.4 is 16.4 Å². The number of amides is 2. The molecule has 6 heteroatoms. The van der Waals surface area contributed by atoms with Crippen LogP contribution in [0.1, 0.15) is 13.8 Å². The molecule has 1 unspecified atom stereocenters. The summed E-state index contributed by atoms with van der Waals surface area (Å²) in [6.45, 7) is 4.02. The minimum absolute atomic E-state index is 0.161. The number of carbonyl (C=O) groups is 2. The molecular formula is C9H17N3O2S. The molecule has 0 radical (unpaired) electrons. The van der Waals surface area contributed by atoms with Gasteiger partial charge in [0.1, 0.15) is 5.54 Å². The maximum atomic E-state index is 11.7. The molecule has 86 valence electrons. The number of carbonyl (C=O) groups excluding carboxylic acids is 2. The van der Waals surface area contributed by atoms with Crippen molar-refractivity contribution >= 4 is 23.6 Å². The molecule has 2 amide bonds. The van der Waals surface area contributed by atoms with Gasteiger partial charge in [0.15, 0.2) is 0 Å². The number of nitrogens with two attached hydrogens (primary N) is 1. The molecule has 5 nitrogen and oxygen atoms in total. The SMILES string of the molecule is CC(C)(NC(=O)C1CSCCN1)C(N)=O. The molecule has 1 aliphatic heterocycles. The Balaban J connectivity index is 2.50. The second-order valence-electron chi connectivity index (χ2n) is 4.06. The van der Waals surface area contributed by atoms with Crippen LogP contribution in [0.15, 0.2) is 0 Å². The average molecular weight is 231 g/mol. The van der Waals surface area contributed by atoms with Crippen LogP contribution in [0.3, 0.4) is 0 Å². The lowest BCUT2D eigenvalue weighted by Gasteiger charge is -2.28. The van der Waals surface area contributed by atoms with Crippen molar-refractivity contribution in [3.63, 3.8) is 0 Å². The van der Waals surface area contributed by atoms with E-state index in [1.807, 2.05) is 0 Å². The van der Waals surface area contributed by atoms with Gasteiger partial charge in [-0.2, -0.15) is 11.8 Å². The van der Waals surface area contributed by atoms with E-state index in [0.29, 0.717) is 0 Å². The first-order valence-corrected chi connectivity index (χ1v) is 6.02. The van der Waals surface area contributed by atoms with E-state index in [9.17, 15) is 9.59 Å². The summed E-state index contributed by atoms with van der Waals surface area (Å²) in [6, 6.07) is -0.220. The van der Waals surface area contributed by atoms with E-state index < -0.39 is 11.4 Å². The number of nitrogens with one attached hydrogen (secondary N) is 2. The van der Waals surface area contributed by atoms with Crippen molar-refractivity contribution in [2.75, 3.05) is 18.1 Å². The lowest BCUT2D eigenvalue weighted by molar-refractivity contribution is -0.131. The van der Waals surface area contributed by atoms with Crippen molar-refractivity contribution in [1.82, 2.24) is 10.6 Å². The molecule has 0 spiro atoms. The maximum Gasteiger partial charge on any atom is 0.242 e. The summed E-state index contributed by atoms with van der Waals surface area (Å²) in [6.07, 6.45) is 0. The van der Waals surface area contributed by atoms with Crippen LogP contribution in [0.5, 0.6) is 0 Å². The minimum atomic E-state index is -0.985. The molecule has 0 aromatic carbocycles. The molecule has 1 rings (SSSR count). The summed E-state index contributed by atoms with van der Waals surface area (Å²) in [7, 11) is 0. The molecule has 1 saturated heterocycles. The van der Waals surface area contributed by atoms with E-state index >= 15 is 0 Å². The predicted molar refractivity (Wildman–Crippen MR) is 60.5 cm³/mol. The zero-order valence-electron chi connectivity index (χ0n) is 9.00. The number of primary amides is 1. The highest BCUT2D eigenvalue weighted by Gasteiger charge is 2.30. The first-order chi connectivity index (χ1) is 6.93. The first-order valence-electron chi connectivity index (χ1n) is 4.86. The summed E-state index contributed by atoms with van der Waals surface area (Å²) in [4.78, 5) is 22.7. The highest BCUT2D eigenvalue weighted by molar-refractivity contribution is 7.99. The first kappa shape index (κ1) is 12.3. The van der Waals surface area contributed by atoms with Gasteiger partial charge in [0.25, 0.3) is 0 Å². The molecular weight excluding hydrogens is 214 g/mol. The van der Waals surface area contributed by atoms with Crippen LogP contribution in [0.2, 0.25) is 0 Å². The van der Waals surface area contributed by atoms with E-state index in [2.05, 4.69) is 10.6 Å². The highest BCUT2D eigenvalue weighted by Crippen LogP contribution is 2.09. The zero-order chi connectivity index (χ0) is 11.5. The Morgan fingerprint density at radius 1 is 1.53 bits per heavy atom. The third-order valence-corrected chi connectivity index (χ3v) is 3.35. The Labute approximate surface area is 93.5 Å². The van der Waals surface area contributed by atoms with Crippen LogP contribution >= 0.6 is 11.8 Å². The molecule has 15 heavy (non-hydrogen) atoms. The number of hydrogen-bond donors (Lipinski definition) is 3. The molecule has 1 heterocycles. The summed E-state index contributed by atoms with van der Waals surface area (Å²) < 4.78 is 0. The van der Waals surface area contributed by atoms with E-state index in [0.717, 1.165) is 18.1 Å². The van der Waals surface area contributed by atoms with Crippen molar-refractivity contribution in [3.8, 4) is 0 Å². The third-order valence-electron chi connectivity index (χ3n) is 2.29. The van der Waals surface area contributed by atoms with Gasteiger partial charge in [-0.1, -0.05) is 0 Å². The van der Waals surface area contributed by atoms with E-state index in [-0.39, 0.29) is 11.9 Å². The van der Waals surface area contributed by atoms with Crippen molar-refractivity contribution < 1.29 is 9.59 Å². The Morgan fingerprint density at radius 3 is 2.67 bits per heavy atom. The van der Waals surface area contributed by atoms with Gasteiger partial charge in [-0.3, -0.25) is 9.59 Å². The lowest BCUT2D eigenvalue weighted by Crippen LogP contribution is -2.59. The van der Waals surface area contributed by atoms with E-state index in [4.69, 9.17) is 5.73 Å². The van der Waals surface area contributed by atoms with Gasteiger partial charge >= 0.3 is 0 Å². The summed E-state index contributed by atoms with van der Waals surface area (Å²) in [5.41, 5.74) is 4.18. The maximum absolute atomic E-state index is 11.7. The highest BCUT2D eigenvalue weighted by atomic mass is 32.2. The van der Waals surface area contributed by atoms with Gasteiger partial charge in [0, 0.05) is 18.1 Å². The second-order valence-corrected chi connectivity index (χ2v) is 5.21. The summed E-state index contributed by atoms with van der Waals surface area (Å²) in [5.74, 6) is 1.06. The Kier molecular flexibility index (Phi) is 3.98. The quantitative estimate of drug-likeness (QED) is 0.586. The Morgan fingerprint density at radius 2 is 2.20 bits per heavy atom. The lowest BCUT2D eigenvalue weighted by atomic mass is 10.0. The van der Waals surface area contributed by atoms with Crippen LogP contribution in [-0.2, 0) is 9.59 Å². The van der Waals surface area contributed by atoms with Gasteiger partial charge in [-0.05, 0) is 13.8 Å². The number of hydrogen-bond acceptors (Lipinski definition) is 4. The molecule has 0 aliphatic carbocycles. The van der Waals surface area contributed by atoms with E-state index in [1.54, 1.807) is 25.6 Å². The zero-order valence-corrected chi connectivity index (χ0v) is 9.82. The summed E-state index contributed by atoms with van der Waals surface area (Å²) >= 11 is 1.73. The fourth-order valence-electron chi connectivity index (χ4n) is 1.19. The largest absolute Gasteiger partial charge is 0.368 e. The molecule has 0 aromatic heterocycles. The summed E-state index contributed by atoms with van der Waals surface area (Å²) in [5, 5.41) is 5.73. The third kappa shape index (κ3) is 3.39. The topological polar surface area (TPSA) is 84.2 Å². The molecule has 1 atom stereocenters. The predicted octanol–water partition coefficient (Wildman–Crippen LogP) is -0.928. The second kappa shape index (κ2) is 4.85. The molecule has 0 aromatic rings. The van der Waals surface area contributed by atoms with Crippen LogP contribution in [0.25, 0.3) is 0 Å². The van der Waals surface area contributed by atoms with Gasteiger partial charge in [0.2, 0.25) is 11.8 Å². The molecule has 4 N–H and O–H groups in total. The normalized spacial score (nSPS) is 22.1. The van der Waals surface area contributed by atoms with E-state index in [1.165, 1.54) is 0 Å². The fourth-order valence-corrected chi connectivity index (χ4v) is 2.12. The fraction of sp³-hybridized carbons (Fsp3) is 0.778. The number of thioether (sulfide) groups is 1. The van der Waals surface area contributed by atoms with Gasteiger partial charge in [-0.25, -0.2) is 0 Å². The van der Waals surface area contributed by atoms with Crippen molar-refractivity contribution in [2.24, 2.45) is 5.73 Å². The number of rotatable bonds is 3. The molecule has 0 bridgehead atoms. The average Bonchev–Trinajstić information content (AvgIpc) is 2.18. The van der Waals surface area contributed by atoms with Crippen LogP contribution in [-0.4, -0.2) is 41.4 Å². The van der Waals surface area contributed by atoms with Gasteiger partial charge in [-0.15, -0.1) is 0 Å².